The number of aliphatic carboxylic acids is 1. The first-order valence-electron chi connectivity index (χ1n) is 3.47. The number of aliphatic hydroxyl groups is 5. The molecule has 8 nitrogen and oxygen atoms in total. The molecular formula is C6H14O8. The monoisotopic (exact) mass is 214 g/mol. The lowest BCUT2D eigenvalue weighted by molar-refractivity contribution is -0.164. The Hall–Kier alpha value is -0.770. The van der Waals surface area contributed by atoms with Crippen molar-refractivity contribution in [1.29, 1.82) is 0 Å². The highest BCUT2D eigenvalue weighted by molar-refractivity contribution is 5.72. The van der Waals surface area contributed by atoms with Crippen molar-refractivity contribution in [2.75, 3.05) is 6.61 Å². The highest BCUT2D eigenvalue weighted by Gasteiger charge is 2.33. The van der Waals surface area contributed by atoms with E-state index in [0.29, 0.717) is 0 Å². The van der Waals surface area contributed by atoms with E-state index < -0.39 is 37.0 Å². The van der Waals surface area contributed by atoms with E-state index in [1.165, 1.54) is 0 Å². The van der Waals surface area contributed by atoms with Crippen LogP contribution in [0.15, 0.2) is 0 Å². The second-order valence-corrected chi connectivity index (χ2v) is 2.51. The zero-order valence-corrected chi connectivity index (χ0v) is 7.11. The van der Waals surface area contributed by atoms with Crippen molar-refractivity contribution >= 4 is 5.97 Å². The molecule has 8 N–H and O–H groups in total. The first-order chi connectivity index (χ1) is 5.91. The Morgan fingerprint density at radius 3 is 1.79 bits per heavy atom. The lowest BCUT2D eigenvalue weighted by Crippen LogP contribution is -2.48. The third-order valence-corrected chi connectivity index (χ3v) is 1.51. The molecule has 14 heavy (non-hydrogen) atoms. The fourth-order valence-corrected chi connectivity index (χ4v) is 0.668. The molecule has 0 fully saturated rings. The fraction of sp³-hybridized carbons (Fsp3) is 0.833. The number of hydrogen-bond acceptors (Lipinski definition) is 6. The van der Waals surface area contributed by atoms with E-state index in [4.69, 9.17) is 30.6 Å². The van der Waals surface area contributed by atoms with Gasteiger partial charge in [0.25, 0.3) is 0 Å². The lowest BCUT2D eigenvalue weighted by atomic mass is 10.0. The molecule has 0 spiro atoms. The van der Waals surface area contributed by atoms with E-state index in [9.17, 15) is 4.79 Å². The molecule has 0 rings (SSSR count). The van der Waals surface area contributed by atoms with Crippen molar-refractivity contribution in [2.24, 2.45) is 0 Å². The first kappa shape index (κ1) is 15.7. The molecule has 0 aliphatic carbocycles. The minimum Gasteiger partial charge on any atom is -0.479 e. The summed E-state index contributed by atoms with van der Waals surface area (Å²) in [7, 11) is 0. The topological polar surface area (TPSA) is 170 Å². The van der Waals surface area contributed by atoms with Crippen LogP contribution < -0.4 is 0 Å². The van der Waals surface area contributed by atoms with Crippen molar-refractivity contribution in [3.8, 4) is 0 Å². The Bertz CT molecular complexity index is 171. The van der Waals surface area contributed by atoms with Crippen molar-refractivity contribution in [3.63, 3.8) is 0 Å². The minimum atomic E-state index is -2.20. The summed E-state index contributed by atoms with van der Waals surface area (Å²) in [5, 5.41) is 51.8. The Morgan fingerprint density at radius 1 is 1.07 bits per heavy atom. The number of rotatable bonds is 5. The molecular weight excluding hydrogens is 200 g/mol. The maximum atomic E-state index is 10.1. The summed E-state index contributed by atoms with van der Waals surface area (Å²) < 4.78 is 0. The second kappa shape index (κ2) is 6.65. The second-order valence-electron chi connectivity index (χ2n) is 2.51. The maximum absolute atomic E-state index is 10.1. The highest BCUT2D eigenvalue weighted by Crippen LogP contribution is 2.04. The van der Waals surface area contributed by atoms with Crippen molar-refractivity contribution in [3.05, 3.63) is 0 Å². The molecule has 0 heterocycles. The average Bonchev–Trinajstić information content (AvgIpc) is 2.12. The molecule has 0 aromatic carbocycles. The van der Waals surface area contributed by atoms with Gasteiger partial charge in [0.15, 0.2) is 6.10 Å². The molecule has 0 aliphatic heterocycles. The normalized spacial score (nSPS) is 18.9. The molecule has 0 amide bonds. The molecule has 0 aliphatic rings. The van der Waals surface area contributed by atoms with E-state index in [0.717, 1.165) is 0 Å². The fourth-order valence-electron chi connectivity index (χ4n) is 0.668. The summed E-state index contributed by atoms with van der Waals surface area (Å²) in [6.45, 7) is -0.843. The van der Waals surface area contributed by atoms with E-state index in [-0.39, 0.29) is 5.48 Å². The quantitative estimate of drug-likeness (QED) is 0.268. The SMILES string of the molecule is O.O=C(O)[C@H](O)[C@@H](O)[C@@H](O)[C@H](O)CO. The Balaban J connectivity index is 0. The Labute approximate surface area is 79.0 Å². The van der Waals surface area contributed by atoms with Gasteiger partial charge in [0, 0.05) is 0 Å². The summed E-state index contributed by atoms with van der Waals surface area (Å²) in [5.74, 6) is -1.73. The van der Waals surface area contributed by atoms with Gasteiger partial charge in [-0.1, -0.05) is 0 Å². The number of hydrogen-bond donors (Lipinski definition) is 6. The van der Waals surface area contributed by atoms with Gasteiger partial charge in [-0.05, 0) is 0 Å². The summed E-state index contributed by atoms with van der Waals surface area (Å²) in [5.41, 5.74) is 0. The summed E-state index contributed by atoms with van der Waals surface area (Å²) in [6, 6.07) is 0. The predicted molar refractivity (Wildman–Crippen MR) is 42.4 cm³/mol. The van der Waals surface area contributed by atoms with Crippen LogP contribution in [0, 0.1) is 0 Å². The van der Waals surface area contributed by atoms with E-state index in [2.05, 4.69) is 0 Å². The van der Waals surface area contributed by atoms with E-state index in [1.807, 2.05) is 0 Å². The van der Waals surface area contributed by atoms with E-state index in [1.54, 1.807) is 0 Å². The molecule has 0 radical (unpaired) electrons. The minimum absolute atomic E-state index is 0. The van der Waals surface area contributed by atoms with Gasteiger partial charge in [0.2, 0.25) is 0 Å². The summed E-state index contributed by atoms with van der Waals surface area (Å²) in [4.78, 5) is 10.1. The number of carboxylic acid groups (broad SMARTS) is 1. The standard InChI is InChI=1S/C6H12O7.H2O/c7-1-2(8)3(9)4(10)5(11)6(12)13;/h2-5,7-11H,1H2,(H,12,13);1H2/t2-,3+,4+,5-;/m1./s1. The maximum Gasteiger partial charge on any atom is 0.335 e. The van der Waals surface area contributed by atoms with Crippen LogP contribution in [0.5, 0.6) is 0 Å². The molecule has 8 heteroatoms. The van der Waals surface area contributed by atoms with Crippen LogP contribution in [0.25, 0.3) is 0 Å². The molecule has 0 bridgehead atoms. The number of aliphatic hydroxyl groups excluding tert-OH is 5. The van der Waals surface area contributed by atoms with Crippen molar-refractivity contribution in [1.82, 2.24) is 0 Å². The van der Waals surface area contributed by atoms with Gasteiger partial charge in [-0.3, -0.25) is 0 Å². The van der Waals surface area contributed by atoms with Gasteiger partial charge in [0.1, 0.15) is 18.3 Å². The molecule has 0 saturated heterocycles. The van der Waals surface area contributed by atoms with Gasteiger partial charge >= 0.3 is 5.97 Å². The van der Waals surface area contributed by atoms with Gasteiger partial charge < -0.3 is 36.1 Å². The Morgan fingerprint density at radius 2 is 1.50 bits per heavy atom. The van der Waals surface area contributed by atoms with Crippen LogP contribution in [0.3, 0.4) is 0 Å². The average molecular weight is 214 g/mol. The van der Waals surface area contributed by atoms with Crippen molar-refractivity contribution in [2.45, 2.75) is 24.4 Å². The zero-order chi connectivity index (χ0) is 10.6. The molecule has 0 aromatic rings. The molecule has 4 atom stereocenters. The van der Waals surface area contributed by atoms with Crippen LogP contribution in [0.1, 0.15) is 0 Å². The van der Waals surface area contributed by atoms with Gasteiger partial charge in [-0.15, -0.1) is 0 Å². The number of carboxylic acids is 1. The summed E-state index contributed by atoms with van der Waals surface area (Å²) in [6.07, 6.45) is -7.84. The molecule has 0 aromatic heterocycles. The number of carbonyl (C=O) groups is 1. The zero-order valence-electron chi connectivity index (χ0n) is 7.11. The van der Waals surface area contributed by atoms with Crippen LogP contribution >= 0.6 is 0 Å². The lowest BCUT2D eigenvalue weighted by Gasteiger charge is -2.23. The van der Waals surface area contributed by atoms with Crippen LogP contribution in [-0.4, -0.2) is 73.1 Å². The van der Waals surface area contributed by atoms with Gasteiger partial charge in [-0.25, -0.2) is 4.79 Å². The van der Waals surface area contributed by atoms with Crippen LogP contribution in [0.4, 0.5) is 0 Å². The Kier molecular flexibility index (Phi) is 7.45. The molecule has 0 saturated carbocycles. The largest absolute Gasteiger partial charge is 0.479 e. The smallest absolute Gasteiger partial charge is 0.335 e. The molecule has 86 valence electrons. The van der Waals surface area contributed by atoms with Gasteiger partial charge in [0.05, 0.1) is 6.61 Å². The third kappa shape index (κ3) is 3.96. The van der Waals surface area contributed by atoms with Gasteiger partial charge in [-0.2, -0.15) is 0 Å². The van der Waals surface area contributed by atoms with E-state index >= 15 is 0 Å². The first-order valence-corrected chi connectivity index (χ1v) is 3.47. The molecule has 0 unspecified atom stereocenters. The summed E-state index contributed by atoms with van der Waals surface area (Å²) >= 11 is 0. The predicted octanol–water partition coefficient (Wildman–Crippen LogP) is -4.32. The van der Waals surface area contributed by atoms with Crippen LogP contribution in [-0.2, 0) is 4.79 Å². The highest BCUT2D eigenvalue weighted by atomic mass is 16.4. The van der Waals surface area contributed by atoms with Crippen molar-refractivity contribution < 1.29 is 40.9 Å². The third-order valence-electron chi connectivity index (χ3n) is 1.51. The van der Waals surface area contributed by atoms with Crippen LogP contribution in [0.2, 0.25) is 0 Å².